The highest BCUT2D eigenvalue weighted by Crippen LogP contribution is 2.40. The summed E-state index contributed by atoms with van der Waals surface area (Å²) < 4.78 is 12.8. The zero-order valence-electron chi connectivity index (χ0n) is 23.1. The predicted molar refractivity (Wildman–Crippen MR) is 160 cm³/mol. The number of carbonyl (C=O) groups is 3. The Bertz CT molecular complexity index is 1620. The Labute approximate surface area is 252 Å². The average molecular weight is 596 g/mol. The second kappa shape index (κ2) is 12.5. The molecule has 43 heavy (non-hydrogen) atoms. The van der Waals surface area contributed by atoms with Gasteiger partial charge in [0.15, 0.2) is 6.29 Å². The van der Waals surface area contributed by atoms with Gasteiger partial charge in [0.2, 0.25) is 0 Å². The molecule has 1 saturated heterocycles. The van der Waals surface area contributed by atoms with Gasteiger partial charge in [-0.05, 0) is 41.0 Å². The van der Waals surface area contributed by atoms with Crippen molar-refractivity contribution in [3.05, 3.63) is 136 Å². The standard InChI is InChI=1S/C34H29NO7S/c36-19-22-11-13-23(14-12-22)29-17-25(20-43-30-8-4-3-7-28(30)33(39)40)41-34(42-29)24-15-9-21(10-16-24)18-35-31(37)26-5-1-2-6-27(26)32(35)38/h1-16,25,29,34,36H,17-20H2,(H,39,40)/t25-,29+,34+/m1/s1. The van der Waals surface area contributed by atoms with E-state index in [-0.39, 0.29) is 42.7 Å². The van der Waals surface area contributed by atoms with Crippen molar-refractivity contribution in [3.8, 4) is 0 Å². The highest BCUT2D eigenvalue weighted by molar-refractivity contribution is 7.99. The topological polar surface area (TPSA) is 113 Å². The molecule has 0 unspecified atom stereocenters. The molecule has 218 valence electrons. The van der Waals surface area contributed by atoms with E-state index in [1.165, 1.54) is 16.7 Å². The molecule has 0 aromatic heterocycles. The fraction of sp³-hybridized carbons (Fsp3) is 0.206. The van der Waals surface area contributed by atoms with Crippen LogP contribution in [0.25, 0.3) is 0 Å². The number of hydrogen-bond acceptors (Lipinski definition) is 7. The maximum Gasteiger partial charge on any atom is 0.336 e. The van der Waals surface area contributed by atoms with Crippen molar-refractivity contribution in [3.63, 3.8) is 0 Å². The number of amides is 2. The summed E-state index contributed by atoms with van der Waals surface area (Å²) in [4.78, 5) is 39.3. The first-order valence-corrected chi connectivity index (χ1v) is 14.9. The quantitative estimate of drug-likeness (QED) is 0.179. The molecule has 0 saturated carbocycles. The Morgan fingerprint density at radius 3 is 2.05 bits per heavy atom. The number of carboxylic acid groups (broad SMARTS) is 1. The summed E-state index contributed by atoms with van der Waals surface area (Å²) in [5.41, 5.74) is 4.42. The van der Waals surface area contributed by atoms with Gasteiger partial charge in [-0.25, -0.2) is 4.79 Å². The van der Waals surface area contributed by atoms with Crippen LogP contribution in [0.15, 0.2) is 102 Å². The SMILES string of the molecule is O=C(O)c1ccccc1SC[C@H]1C[C@@H](c2ccc(CO)cc2)O[C@@H](c2ccc(CN3C(=O)c4ccccc4C3=O)cc2)O1. The lowest BCUT2D eigenvalue weighted by molar-refractivity contribution is -0.245. The maximum atomic E-state index is 12.8. The molecule has 4 aromatic rings. The van der Waals surface area contributed by atoms with E-state index >= 15 is 0 Å². The van der Waals surface area contributed by atoms with Crippen LogP contribution < -0.4 is 0 Å². The average Bonchev–Trinajstić information content (AvgIpc) is 3.29. The molecule has 2 aliphatic rings. The van der Waals surface area contributed by atoms with Crippen LogP contribution in [0.5, 0.6) is 0 Å². The Balaban J connectivity index is 1.19. The normalized spacial score (nSPS) is 19.8. The van der Waals surface area contributed by atoms with Gasteiger partial charge in [0.1, 0.15) is 0 Å². The van der Waals surface area contributed by atoms with Gasteiger partial charge < -0.3 is 19.7 Å². The molecule has 4 aromatic carbocycles. The number of thioether (sulfide) groups is 1. The van der Waals surface area contributed by atoms with E-state index in [2.05, 4.69) is 0 Å². The lowest BCUT2D eigenvalue weighted by Crippen LogP contribution is -2.31. The minimum atomic E-state index is -0.975. The Morgan fingerprint density at radius 2 is 1.40 bits per heavy atom. The summed E-state index contributed by atoms with van der Waals surface area (Å²) in [5.74, 6) is -1.06. The third-order valence-corrected chi connectivity index (χ3v) is 8.83. The first-order valence-electron chi connectivity index (χ1n) is 13.9. The van der Waals surface area contributed by atoms with Crippen LogP contribution in [0.2, 0.25) is 0 Å². The van der Waals surface area contributed by atoms with Crippen LogP contribution in [0.1, 0.15) is 72.1 Å². The van der Waals surface area contributed by atoms with Crippen LogP contribution in [-0.4, -0.2) is 44.8 Å². The molecule has 6 rings (SSSR count). The molecule has 2 N–H and O–H groups in total. The lowest BCUT2D eigenvalue weighted by Gasteiger charge is -2.36. The molecule has 2 amide bonds. The molecule has 0 bridgehead atoms. The summed E-state index contributed by atoms with van der Waals surface area (Å²) >= 11 is 1.43. The van der Waals surface area contributed by atoms with E-state index in [1.54, 1.807) is 42.5 Å². The molecular formula is C34H29NO7S. The highest BCUT2D eigenvalue weighted by atomic mass is 32.2. The van der Waals surface area contributed by atoms with Crippen molar-refractivity contribution < 1.29 is 34.1 Å². The zero-order chi connectivity index (χ0) is 29.9. The van der Waals surface area contributed by atoms with Gasteiger partial charge in [0.25, 0.3) is 11.8 Å². The van der Waals surface area contributed by atoms with Gasteiger partial charge in [-0.1, -0.05) is 72.8 Å². The van der Waals surface area contributed by atoms with Crippen LogP contribution in [-0.2, 0) is 22.6 Å². The van der Waals surface area contributed by atoms with Gasteiger partial charge >= 0.3 is 5.97 Å². The van der Waals surface area contributed by atoms with Crippen molar-refractivity contribution in [1.29, 1.82) is 0 Å². The summed E-state index contributed by atoms with van der Waals surface area (Å²) in [6, 6.07) is 28.8. The summed E-state index contributed by atoms with van der Waals surface area (Å²) in [7, 11) is 0. The minimum Gasteiger partial charge on any atom is -0.478 e. The molecule has 0 spiro atoms. The third kappa shape index (κ3) is 6.11. The number of aliphatic hydroxyl groups is 1. The highest BCUT2D eigenvalue weighted by Gasteiger charge is 2.35. The number of rotatable bonds is 9. The number of carbonyl (C=O) groups excluding carboxylic acids is 2. The summed E-state index contributed by atoms with van der Waals surface area (Å²) in [6.07, 6.45) is -0.657. The molecule has 1 fully saturated rings. The first-order chi connectivity index (χ1) is 20.9. The lowest BCUT2D eigenvalue weighted by atomic mass is 10.0. The number of ether oxygens (including phenoxy) is 2. The fourth-order valence-corrected chi connectivity index (χ4v) is 6.39. The van der Waals surface area contributed by atoms with Crippen LogP contribution in [0.3, 0.4) is 0 Å². The first kappa shape index (κ1) is 28.8. The Hall–Kier alpha value is -4.28. The van der Waals surface area contributed by atoms with E-state index in [0.717, 1.165) is 22.3 Å². The number of aromatic carboxylic acids is 1. The number of fused-ring (bicyclic) bond motifs is 1. The number of aliphatic hydroxyl groups excluding tert-OH is 1. The number of hydrogen-bond donors (Lipinski definition) is 2. The number of benzene rings is 4. The smallest absolute Gasteiger partial charge is 0.336 e. The van der Waals surface area contributed by atoms with Crippen molar-refractivity contribution in [2.75, 3.05) is 5.75 Å². The number of carboxylic acids is 1. The van der Waals surface area contributed by atoms with Crippen molar-refractivity contribution in [2.24, 2.45) is 0 Å². The van der Waals surface area contributed by atoms with Gasteiger partial charge in [-0.15, -0.1) is 11.8 Å². The second-order valence-corrected chi connectivity index (χ2v) is 11.5. The molecule has 0 aliphatic carbocycles. The van der Waals surface area contributed by atoms with Gasteiger partial charge in [0.05, 0.1) is 42.0 Å². The molecular weight excluding hydrogens is 566 g/mol. The molecule has 2 aliphatic heterocycles. The summed E-state index contributed by atoms with van der Waals surface area (Å²) in [6.45, 7) is 0.105. The molecule has 9 heteroatoms. The van der Waals surface area contributed by atoms with Crippen molar-refractivity contribution >= 4 is 29.5 Å². The molecule has 0 radical (unpaired) electrons. The van der Waals surface area contributed by atoms with Crippen LogP contribution in [0.4, 0.5) is 0 Å². The zero-order valence-corrected chi connectivity index (χ0v) is 23.9. The van der Waals surface area contributed by atoms with Crippen LogP contribution in [0, 0.1) is 0 Å². The van der Waals surface area contributed by atoms with Crippen molar-refractivity contribution in [1.82, 2.24) is 4.90 Å². The minimum absolute atomic E-state index is 0.0488. The number of imide groups is 1. The Morgan fingerprint density at radius 1 is 0.791 bits per heavy atom. The predicted octanol–water partition coefficient (Wildman–Crippen LogP) is 6.01. The molecule has 8 nitrogen and oxygen atoms in total. The van der Waals surface area contributed by atoms with E-state index in [4.69, 9.17) is 9.47 Å². The Kier molecular flexibility index (Phi) is 8.40. The summed E-state index contributed by atoms with van der Waals surface area (Å²) in [5, 5.41) is 19.1. The van der Waals surface area contributed by atoms with Crippen molar-refractivity contribution in [2.45, 2.75) is 43.0 Å². The fourth-order valence-electron chi connectivity index (χ4n) is 5.32. The van der Waals surface area contributed by atoms with E-state index in [0.29, 0.717) is 28.2 Å². The van der Waals surface area contributed by atoms with E-state index in [1.807, 2.05) is 54.6 Å². The van der Waals surface area contributed by atoms with Gasteiger partial charge in [0, 0.05) is 22.6 Å². The van der Waals surface area contributed by atoms with Gasteiger partial charge in [-0.3, -0.25) is 14.5 Å². The van der Waals surface area contributed by atoms with E-state index < -0.39 is 12.3 Å². The molecule has 2 heterocycles. The van der Waals surface area contributed by atoms with Gasteiger partial charge in [-0.2, -0.15) is 0 Å². The monoisotopic (exact) mass is 595 g/mol. The van der Waals surface area contributed by atoms with E-state index in [9.17, 15) is 24.6 Å². The molecule has 3 atom stereocenters. The third-order valence-electron chi connectivity index (χ3n) is 7.63. The number of nitrogens with zero attached hydrogens (tertiary/aromatic N) is 1. The second-order valence-electron chi connectivity index (χ2n) is 10.4. The maximum absolute atomic E-state index is 12.8. The van der Waals surface area contributed by atoms with Crippen LogP contribution >= 0.6 is 11.8 Å². The largest absolute Gasteiger partial charge is 0.478 e.